The number of piperidine rings is 1. The molecule has 162 valence electrons. The van der Waals surface area contributed by atoms with Crippen LogP contribution in [0.3, 0.4) is 0 Å². The summed E-state index contributed by atoms with van der Waals surface area (Å²) in [6, 6.07) is 7.03. The van der Waals surface area contributed by atoms with Crippen molar-refractivity contribution in [1.29, 1.82) is 0 Å². The average Bonchev–Trinajstić information content (AvgIpc) is 3.27. The molecule has 5 rings (SSSR count). The van der Waals surface area contributed by atoms with Crippen LogP contribution in [0.2, 0.25) is 0 Å². The fourth-order valence-corrected chi connectivity index (χ4v) is 4.52. The minimum atomic E-state index is -2.70. The van der Waals surface area contributed by atoms with E-state index < -0.39 is 6.43 Å². The Labute approximate surface area is 178 Å². The maximum Gasteiger partial charge on any atom is 0.280 e. The van der Waals surface area contributed by atoms with Crippen LogP contribution >= 0.6 is 0 Å². The first-order valence-corrected chi connectivity index (χ1v) is 10.5. The van der Waals surface area contributed by atoms with Gasteiger partial charge in [-0.2, -0.15) is 10.1 Å². The summed E-state index contributed by atoms with van der Waals surface area (Å²) < 4.78 is 34.1. The first-order valence-electron chi connectivity index (χ1n) is 10.5. The lowest BCUT2D eigenvalue weighted by Crippen LogP contribution is -2.42. The molecule has 4 heterocycles. The molecule has 2 aliphatic heterocycles. The number of rotatable bonds is 3. The fraction of sp³-hybridized carbons (Fsp3) is 0.455. The summed E-state index contributed by atoms with van der Waals surface area (Å²) in [5.74, 6) is 0.883. The van der Waals surface area contributed by atoms with Crippen LogP contribution in [0, 0.1) is 5.92 Å². The Hall–Kier alpha value is -3.10. The maximum atomic E-state index is 13.4. The highest BCUT2D eigenvalue weighted by molar-refractivity contribution is 5.95. The zero-order chi connectivity index (χ0) is 21.5. The van der Waals surface area contributed by atoms with Crippen LogP contribution in [0.4, 0.5) is 8.78 Å². The van der Waals surface area contributed by atoms with E-state index in [0.29, 0.717) is 31.0 Å². The molecule has 2 aliphatic rings. The van der Waals surface area contributed by atoms with Crippen LogP contribution in [0.15, 0.2) is 30.6 Å². The molecule has 0 saturated carbocycles. The second-order valence-electron chi connectivity index (χ2n) is 8.28. The molecule has 2 atom stereocenters. The highest BCUT2D eigenvalue weighted by Gasteiger charge is 2.33. The number of alkyl halides is 2. The Morgan fingerprint density at radius 1 is 1.29 bits per heavy atom. The zero-order valence-corrected chi connectivity index (χ0v) is 17.2. The van der Waals surface area contributed by atoms with E-state index in [1.165, 1.54) is 16.9 Å². The number of hydrogen-bond acceptors (Lipinski definition) is 5. The average molecular weight is 427 g/mol. The standard InChI is InChI=1S/C22H23F2N5O2/c1-13-6-7-28(21(30)15-5-4-14-3-2-8-31-19(14)9-15)11-16(13)18-10-17(20(23)24)27-22-25-12-26-29(18)22/h4-5,9-10,12-13,16,20H,2-3,6-8,11H2,1H3/t13-,16-/m1/s1. The van der Waals surface area contributed by atoms with Gasteiger partial charge in [-0.1, -0.05) is 13.0 Å². The Kier molecular flexibility index (Phi) is 5.03. The number of carbonyl (C=O) groups is 1. The lowest BCUT2D eigenvalue weighted by molar-refractivity contribution is 0.0664. The van der Waals surface area contributed by atoms with Gasteiger partial charge in [-0.3, -0.25) is 4.79 Å². The molecule has 1 aromatic carbocycles. The third-order valence-electron chi connectivity index (χ3n) is 6.31. The number of likely N-dealkylation sites (tertiary alicyclic amines) is 1. The van der Waals surface area contributed by atoms with E-state index in [-0.39, 0.29) is 29.2 Å². The van der Waals surface area contributed by atoms with Gasteiger partial charge in [-0.05, 0) is 48.9 Å². The molecular weight excluding hydrogens is 404 g/mol. The topological polar surface area (TPSA) is 72.6 Å². The lowest BCUT2D eigenvalue weighted by Gasteiger charge is -2.37. The number of carbonyl (C=O) groups excluding carboxylic acids is 1. The Morgan fingerprint density at radius 3 is 3.00 bits per heavy atom. The Balaban J connectivity index is 1.45. The first kappa shape index (κ1) is 19.8. The molecule has 0 unspecified atom stereocenters. The van der Waals surface area contributed by atoms with Gasteiger partial charge in [0.1, 0.15) is 17.8 Å². The van der Waals surface area contributed by atoms with Gasteiger partial charge in [0.05, 0.1) is 12.3 Å². The molecule has 1 saturated heterocycles. The normalized spacial score (nSPS) is 21.2. The molecule has 0 spiro atoms. The molecule has 7 nitrogen and oxygen atoms in total. The second-order valence-corrected chi connectivity index (χ2v) is 8.28. The van der Waals surface area contributed by atoms with E-state index >= 15 is 0 Å². The summed E-state index contributed by atoms with van der Waals surface area (Å²) in [6.07, 6.45) is 1.31. The summed E-state index contributed by atoms with van der Waals surface area (Å²) in [5, 5.41) is 4.18. The van der Waals surface area contributed by atoms with Crippen molar-refractivity contribution in [2.24, 2.45) is 5.92 Å². The Bertz CT molecular complexity index is 1130. The number of nitrogens with zero attached hydrogens (tertiary/aromatic N) is 5. The van der Waals surface area contributed by atoms with Crippen LogP contribution in [-0.4, -0.2) is 50.1 Å². The van der Waals surface area contributed by atoms with Crippen LogP contribution in [0.25, 0.3) is 5.78 Å². The quantitative estimate of drug-likeness (QED) is 0.638. The summed E-state index contributed by atoms with van der Waals surface area (Å²) in [7, 11) is 0. The van der Waals surface area contributed by atoms with E-state index in [4.69, 9.17) is 4.74 Å². The predicted molar refractivity (Wildman–Crippen MR) is 108 cm³/mol. The number of aromatic nitrogens is 4. The van der Waals surface area contributed by atoms with E-state index in [1.807, 2.05) is 18.2 Å². The molecular formula is C22H23F2N5O2. The minimum Gasteiger partial charge on any atom is -0.493 e. The number of benzene rings is 1. The van der Waals surface area contributed by atoms with Crippen LogP contribution < -0.4 is 4.74 Å². The molecule has 0 aliphatic carbocycles. The van der Waals surface area contributed by atoms with Crippen molar-refractivity contribution in [2.75, 3.05) is 19.7 Å². The van der Waals surface area contributed by atoms with Gasteiger partial charge < -0.3 is 9.64 Å². The maximum absolute atomic E-state index is 13.4. The van der Waals surface area contributed by atoms with Crippen molar-refractivity contribution < 1.29 is 18.3 Å². The van der Waals surface area contributed by atoms with Gasteiger partial charge in [0.2, 0.25) is 0 Å². The zero-order valence-electron chi connectivity index (χ0n) is 17.2. The van der Waals surface area contributed by atoms with Gasteiger partial charge in [0.25, 0.3) is 18.1 Å². The van der Waals surface area contributed by atoms with Gasteiger partial charge >= 0.3 is 0 Å². The van der Waals surface area contributed by atoms with Crippen molar-refractivity contribution in [3.63, 3.8) is 0 Å². The van der Waals surface area contributed by atoms with Crippen LogP contribution in [0.1, 0.15) is 59.4 Å². The van der Waals surface area contributed by atoms with Crippen LogP contribution in [0.5, 0.6) is 5.75 Å². The largest absolute Gasteiger partial charge is 0.493 e. The number of ether oxygens (including phenoxy) is 1. The molecule has 0 radical (unpaired) electrons. The third kappa shape index (κ3) is 3.62. The molecule has 1 fully saturated rings. The van der Waals surface area contributed by atoms with E-state index in [2.05, 4.69) is 22.0 Å². The molecule has 3 aromatic rings. The van der Waals surface area contributed by atoms with Crippen molar-refractivity contribution in [3.8, 4) is 5.75 Å². The fourth-order valence-electron chi connectivity index (χ4n) is 4.52. The monoisotopic (exact) mass is 427 g/mol. The highest BCUT2D eigenvalue weighted by Crippen LogP contribution is 2.34. The molecule has 2 aromatic heterocycles. The van der Waals surface area contributed by atoms with Crippen molar-refractivity contribution in [1.82, 2.24) is 24.5 Å². The third-order valence-corrected chi connectivity index (χ3v) is 6.31. The number of amides is 1. The highest BCUT2D eigenvalue weighted by atomic mass is 19.3. The minimum absolute atomic E-state index is 0.0770. The van der Waals surface area contributed by atoms with Gasteiger partial charge in [0.15, 0.2) is 0 Å². The van der Waals surface area contributed by atoms with Crippen molar-refractivity contribution in [2.45, 2.75) is 38.5 Å². The van der Waals surface area contributed by atoms with Crippen LogP contribution in [-0.2, 0) is 6.42 Å². The number of aryl methyl sites for hydroxylation is 1. The van der Waals surface area contributed by atoms with Gasteiger partial charge in [0, 0.05) is 24.6 Å². The smallest absolute Gasteiger partial charge is 0.280 e. The Morgan fingerprint density at radius 2 is 2.16 bits per heavy atom. The molecule has 9 heteroatoms. The summed E-state index contributed by atoms with van der Waals surface area (Å²) in [4.78, 5) is 23.0. The lowest BCUT2D eigenvalue weighted by atomic mass is 9.84. The van der Waals surface area contributed by atoms with Crippen molar-refractivity contribution >= 4 is 11.7 Å². The molecule has 0 bridgehead atoms. The summed E-state index contributed by atoms with van der Waals surface area (Å²) in [6.45, 7) is 3.77. The summed E-state index contributed by atoms with van der Waals surface area (Å²) in [5.41, 5.74) is 2.00. The SMILES string of the molecule is C[C@@H]1CCN(C(=O)c2ccc3c(c2)OCCC3)C[C@H]1c1cc(C(F)F)nc2ncnn12. The van der Waals surface area contributed by atoms with E-state index in [9.17, 15) is 13.6 Å². The molecule has 31 heavy (non-hydrogen) atoms. The van der Waals surface area contributed by atoms with E-state index in [0.717, 1.165) is 30.6 Å². The number of halogens is 2. The number of fused-ring (bicyclic) bond motifs is 2. The predicted octanol–water partition coefficient (Wildman–Crippen LogP) is 3.65. The van der Waals surface area contributed by atoms with E-state index in [1.54, 1.807) is 4.90 Å². The van der Waals surface area contributed by atoms with Gasteiger partial charge in [-0.25, -0.2) is 18.3 Å². The molecule has 1 amide bonds. The number of hydrogen-bond donors (Lipinski definition) is 0. The second kappa shape index (κ2) is 7.86. The summed E-state index contributed by atoms with van der Waals surface area (Å²) >= 11 is 0. The molecule has 0 N–H and O–H groups in total. The first-order chi connectivity index (χ1) is 15.0. The van der Waals surface area contributed by atoms with Gasteiger partial charge in [-0.15, -0.1) is 0 Å². The van der Waals surface area contributed by atoms with Crippen molar-refractivity contribution in [3.05, 3.63) is 53.1 Å².